The third-order valence-electron chi connectivity index (χ3n) is 4.15. The maximum Gasteiger partial charge on any atom is 0.340 e. The van der Waals surface area contributed by atoms with Gasteiger partial charge in [0.1, 0.15) is 23.1 Å². The van der Waals surface area contributed by atoms with Crippen LogP contribution in [0.2, 0.25) is 0 Å². The minimum Gasteiger partial charge on any atom is -0.496 e. The minimum atomic E-state index is -1.13. The summed E-state index contributed by atoms with van der Waals surface area (Å²) in [6.45, 7) is 3.33. The summed E-state index contributed by atoms with van der Waals surface area (Å²) < 4.78 is 15.8. The van der Waals surface area contributed by atoms with Crippen molar-refractivity contribution in [1.82, 2.24) is 5.32 Å². The van der Waals surface area contributed by atoms with Crippen molar-refractivity contribution in [1.29, 1.82) is 0 Å². The summed E-state index contributed by atoms with van der Waals surface area (Å²) in [7, 11) is 2.96. The molecule has 0 fully saturated rings. The Labute approximate surface area is 149 Å². The fourth-order valence-electron chi connectivity index (χ4n) is 2.71. The molecule has 0 aliphatic heterocycles. The maximum atomic E-state index is 12.3. The number of benzene rings is 1. The highest BCUT2D eigenvalue weighted by Crippen LogP contribution is 2.33. The highest BCUT2D eigenvalue weighted by molar-refractivity contribution is 5.91. The molecule has 8 heteroatoms. The van der Waals surface area contributed by atoms with Gasteiger partial charge in [0, 0.05) is 12.1 Å². The van der Waals surface area contributed by atoms with Gasteiger partial charge < -0.3 is 24.3 Å². The van der Waals surface area contributed by atoms with E-state index in [0.717, 1.165) is 0 Å². The van der Waals surface area contributed by atoms with E-state index in [2.05, 4.69) is 5.32 Å². The molecule has 0 saturated carbocycles. The number of amides is 1. The SMILES string of the molecule is CC[C@H](NC(=O)Cc1c(C)c2c(OC)cc(OC)cc2oc1=O)C(=O)O. The number of methoxy groups -OCH3 is 2. The average Bonchev–Trinajstić information content (AvgIpc) is 2.61. The van der Waals surface area contributed by atoms with Crippen LogP contribution in [0.1, 0.15) is 24.5 Å². The van der Waals surface area contributed by atoms with Crippen molar-refractivity contribution in [3.8, 4) is 11.5 Å². The van der Waals surface area contributed by atoms with Gasteiger partial charge in [0.2, 0.25) is 5.91 Å². The second kappa shape index (κ2) is 7.90. The zero-order valence-electron chi connectivity index (χ0n) is 15.0. The third kappa shape index (κ3) is 3.79. The molecule has 1 heterocycles. The molecule has 8 nitrogen and oxygen atoms in total. The maximum absolute atomic E-state index is 12.3. The van der Waals surface area contributed by atoms with E-state index in [4.69, 9.17) is 19.0 Å². The molecular weight excluding hydrogens is 342 g/mol. The highest BCUT2D eigenvalue weighted by Gasteiger charge is 2.22. The summed E-state index contributed by atoms with van der Waals surface area (Å²) in [5.74, 6) is -0.785. The molecule has 0 radical (unpaired) electrons. The molecule has 0 aliphatic carbocycles. The Kier molecular flexibility index (Phi) is 5.86. The van der Waals surface area contributed by atoms with Crippen LogP contribution < -0.4 is 20.4 Å². The first kappa shape index (κ1) is 19.3. The molecular formula is C18H21NO7. The van der Waals surface area contributed by atoms with E-state index >= 15 is 0 Å². The number of aryl methyl sites for hydroxylation is 1. The molecule has 26 heavy (non-hydrogen) atoms. The molecule has 0 spiro atoms. The predicted octanol–water partition coefficient (Wildman–Crippen LogP) is 1.64. The van der Waals surface area contributed by atoms with Gasteiger partial charge in [-0.15, -0.1) is 0 Å². The number of fused-ring (bicyclic) bond motifs is 1. The van der Waals surface area contributed by atoms with Gasteiger partial charge in [-0.25, -0.2) is 9.59 Å². The standard InChI is InChI=1S/C18H21NO7/c1-5-12(17(21)22)19-15(20)8-11-9(2)16-13(25-4)6-10(24-3)7-14(16)26-18(11)23/h6-7,12H,5,8H2,1-4H3,(H,19,20)(H,21,22)/t12-/m0/s1. The second-order valence-corrected chi connectivity index (χ2v) is 5.74. The normalized spacial score (nSPS) is 11.8. The van der Waals surface area contributed by atoms with Gasteiger partial charge in [0.15, 0.2) is 0 Å². The Bertz CT molecular complexity index is 901. The quantitative estimate of drug-likeness (QED) is 0.719. The number of hydrogen-bond donors (Lipinski definition) is 2. The van der Waals surface area contributed by atoms with Crippen LogP contribution in [-0.2, 0) is 16.0 Å². The summed E-state index contributed by atoms with van der Waals surface area (Å²) in [6, 6.07) is 2.21. The molecule has 2 N–H and O–H groups in total. The molecule has 0 bridgehead atoms. The summed E-state index contributed by atoms with van der Waals surface area (Å²) in [5, 5.41) is 12.0. The topological polar surface area (TPSA) is 115 Å². The number of rotatable bonds is 7. The first-order valence-corrected chi connectivity index (χ1v) is 8.02. The molecule has 2 aromatic rings. The minimum absolute atomic E-state index is 0.152. The monoisotopic (exact) mass is 363 g/mol. The van der Waals surface area contributed by atoms with E-state index < -0.39 is 23.5 Å². The first-order valence-electron chi connectivity index (χ1n) is 8.02. The number of nitrogens with one attached hydrogen (secondary N) is 1. The fourth-order valence-corrected chi connectivity index (χ4v) is 2.71. The van der Waals surface area contributed by atoms with E-state index in [1.165, 1.54) is 14.2 Å². The van der Waals surface area contributed by atoms with E-state index in [0.29, 0.717) is 22.4 Å². The molecule has 1 aromatic carbocycles. The van der Waals surface area contributed by atoms with Gasteiger partial charge in [0.25, 0.3) is 0 Å². The Hall–Kier alpha value is -3.03. The van der Waals surface area contributed by atoms with Crippen molar-refractivity contribution in [2.45, 2.75) is 32.7 Å². The number of carbonyl (C=O) groups excluding carboxylic acids is 1. The lowest BCUT2D eigenvalue weighted by atomic mass is 10.0. The van der Waals surface area contributed by atoms with Crippen LogP contribution in [0.25, 0.3) is 11.0 Å². The van der Waals surface area contributed by atoms with Crippen LogP contribution in [0.5, 0.6) is 11.5 Å². The Balaban J connectivity index is 2.47. The number of carboxylic acid groups (broad SMARTS) is 1. The van der Waals surface area contributed by atoms with Crippen LogP contribution in [0, 0.1) is 6.92 Å². The molecule has 0 saturated heterocycles. The fraction of sp³-hybridized carbons (Fsp3) is 0.389. The molecule has 1 atom stereocenters. The Morgan fingerprint density at radius 3 is 2.50 bits per heavy atom. The lowest BCUT2D eigenvalue weighted by Crippen LogP contribution is -2.41. The molecule has 1 aromatic heterocycles. The number of carboxylic acids is 1. The summed E-state index contributed by atoms with van der Waals surface area (Å²) in [5.41, 5.74) is 0.307. The van der Waals surface area contributed by atoms with Gasteiger partial charge in [-0.3, -0.25) is 4.79 Å². The van der Waals surface area contributed by atoms with E-state index in [1.807, 2.05) is 0 Å². The molecule has 2 rings (SSSR count). The summed E-state index contributed by atoms with van der Waals surface area (Å²) in [4.78, 5) is 35.6. The van der Waals surface area contributed by atoms with Crippen molar-refractivity contribution >= 4 is 22.8 Å². The van der Waals surface area contributed by atoms with Crippen LogP contribution in [0.3, 0.4) is 0 Å². The molecule has 1 amide bonds. The zero-order valence-corrected chi connectivity index (χ0v) is 15.0. The van der Waals surface area contributed by atoms with Gasteiger partial charge >= 0.3 is 11.6 Å². The predicted molar refractivity (Wildman–Crippen MR) is 93.9 cm³/mol. The van der Waals surface area contributed by atoms with Crippen LogP contribution in [0.4, 0.5) is 0 Å². The van der Waals surface area contributed by atoms with E-state index in [-0.39, 0.29) is 24.0 Å². The molecule has 0 unspecified atom stereocenters. The number of aliphatic carboxylic acids is 1. The molecule has 140 valence electrons. The smallest absolute Gasteiger partial charge is 0.340 e. The highest BCUT2D eigenvalue weighted by atomic mass is 16.5. The number of carbonyl (C=O) groups is 2. The average molecular weight is 363 g/mol. The van der Waals surface area contributed by atoms with Crippen LogP contribution in [0.15, 0.2) is 21.3 Å². The summed E-state index contributed by atoms with van der Waals surface area (Å²) in [6.07, 6.45) is -0.0525. The van der Waals surface area contributed by atoms with Gasteiger partial charge in [-0.05, 0) is 18.9 Å². The lowest BCUT2D eigenvalue weighted by Gasteiger charge is -2.14. The van der Waals surface area contributed by atoms with E-state index in [1.54, 1.807) is 26.0 Å². The third-order valence-corrected chi connectivity index (χ3v) is 4.15. The number of ether oxygens (including phenoxy) is 2. The van der Waals surface area contributed by atoms with Gasteiger partial charge in [-0.1, -0.05) is 6.92 Å². The Morgan fingerprint density at radius 2 is 1.96 bits per heavy atom. The number of hydrogen-bond acceptors (Lipinski definition) is 6. The largest absolute Gasteiger partial charge is 0.496 e. The second-order valence-electron chi connectivity index (χ2n) is 5.74. The van der Waals surface area contributed by atoms with Crippen LogP contribution >= 0.6 is 0 Å². The van der Waals surface area contributed by atoms with Crippen molar-refractivity contribution in [2.24, 2.45) is 0 Å². The lowest BCUT2D eigenvalue weighted by molar-refractivity contribution is -0.141. The van der Waals surface area contributed by atoms with Crippen LogP contribution in [-0.4, -0.2) is 37.2 Å². The molecule has 0 aliphatic rings. The first-order chi connectivity index (χ1) is 12.3. The Morgan fingerprint density at radius 1 is 1.27 bits per heavy atom. The van der Waals surface area contributed by atoms with Gasteiger partial charge in [-0.2, -0.15) is 0 Å². The van der Waals surface area contributed by atoms with E-state index in [9.17, 15) is 14.4 Å². The van der Waals surface area contributed by atoms with Crippen molar-refractivity contribution in [3.05, 3.63) is 33.7 Å². The van der Waals surface area contributed by atoms with Crippen molar-refractivity contribution in [3.63, 3.8) is 0 Å². The van der Waals surface area contributed by atoms with Crippen molar-refractivity contribution < 1.29 is 28.6 Å². The zero-order chi connectivity index (χ0) is 19.4. The summed E-state index contributed by atoms with van der Waals surface area (Å²) >= 11 is 0. The van der Waals surface area contributed by atoms with Gasteiger partial charge in [0.05, 0.1) is 31.6 Å². The van der Waals surface area contributed by atoms with Crippen molar-refractivity contribution in [2.75, 3.05) is 14.2 Å².